The molecule has 0 radical (unpaired) electrons. The lowest BCUT2D eigenvalue weighted by Gasteiger charge is -2.39. The molecule has 2 amide bonds. The van der Waals surface area contributed by atoms with E-state index < -0.39 is 17.6 Å². The maximum absolute atomic E-state index is 13.5. The van der Waals surface area contributed by atoms with Crippen molar-refractivity contribution < 1.29 is 19.1 Å². The molecule has 2 aliphatic heterocycles. The second-order valence-electron chi connectivity index (χ2n) is 8.90. The Morgan fingerprint density at radius 1 is 1.08 bits per heavy atom. The predicted molar refractivity (Wildman–Crippen MR) is 134 cm³/mol. The molecule has 2 unspecified atom stereocenters. The topological polar surface area (TPSA) is 157 Å². The maximum atomic E-state index is 13.5. The second kappa shape index (κ2) is 9.80. The van der Waals surface area contributed by atoms with Gasteiger partial charge >= 0.3 is 0 Å². The molecule has 0 saturated carbocycles. The van der Waals surface area contributed by atoms with Crippen molar-refractivity contribution in [2.45, 2.75) is 18.9 Å². The van der Waals surface area contributed by atoms with E-state index in [0.717, 1.165) is 0 Å². The van der Waals surface area contributed by atoms with Crippen molar-refractivity contribution in [3.8, 4) is 17.1 Å². The number of nitrogen functional groups attached to an aromatic ring is 1. The van der Waals surface area contributed by atoms with E-state index in [2.05, 4.69) is 25.3 Å². The maximum Gasteiger partial charge on any atom is 0.290 e. The Labute approximate surface area is 212 Å². The van der Waals surface area contributed by atoms with E-state index in [1.165, 1.54) is 30.6 Å². The van der Waals surface area contributed by atoms with Crippen molar-refractivity contribution in [2.24, 2.45) is 0 Å². The molecule has 0 aliphatic carbocycles. The third-order valence-corrected chi connectivity index (χ3v) is 6.64. The summed E-state index contributed by atoms with van der Waals surface area (Å²) in [6, 6.07) is 4.89. The number of aromatic nitrogens is 4. The Balaban J connectivity index is 1.35. The van der Waals surface area contributed by atoms with Gasteiger partial charge in [0.2, 0.25) is 5.78 Å². The molecule has 37 heavy (non-hydrogen) atoms. The summed E-state index contributed by atoms with van der Waals surface area (Å²) in [7, 11) is 1.49. The van der Waals surface area contributed by atoms with Gasteiger partial charge in [0, 0.05) is 44.0 Å². The first kappa shape index (κ1) is 24.1. The van der Waals surface area contributed by atoms with Gasteiger partial charge in [-0.15, -0.1) is 0 Å². The third kappa shape index (κ3) is 4.41. The summed E-state index contributed by atoms with van der Waals surface area (Å²) in [6.45, 7) is 2.87. The Kier molecular flexibility index (Phi) is 6.38. The van der Waals surface area contributed by atoms with Gasteiger partial charge < -0.3 is 25.6 Å². The number of piperazine rings is 1. The average molecular weight is 503 g/mol. The van der Waals surface area contributed by atoms with E-state index in [9.17, 15) is 14.4 Å². The standard InChI is InChI=1S/C25H26N8O4/c1-14-13-32(7-8-33(14)24(35)16-5-3-4-6-27-16)25(36)23(34)15-9-30-22-20(15)18(37-2)11-31-21(22)17-10-29-19(26)12-28-17/h3-6,10-12,14-15,30H,7-9,13H2,1-2H3,(H2,26,29). The predicted octanol–water partition coefficient (Wildman–Crippen LogP) is 0.976. The fraction of sp³-hybridized carbons (Fsp3) is 0.320. The summed E-state index contributed by atoms with van der Waals surface area (Å²) in [5, 5.41) is 3.20. The van der Waals surface area contributed by atoms with E-state index in [-0.39, 0.29) is 37.4 Å². The molecule has 0 aromatic carbocycles. The number of nitrogens with one attached hydrogen (secondary N) is 1. The summed E-state index contributed by atoms with van der Waals surface area (Å²) in [4.78, 5) is 59.7. The zero-order valence-electron chi connectivity index (χ0n) is 20.4. The van der Waals surface area contributed by atoms with Crippen LogP contribution in [0.5, 0.6) is 5.75 Å². The number of hydrogen-bond donors (Lipinski definition) is 2. The Morgan fingerprint density at radius 3 is 2.59 bits per heavy atom. The molecular weight excluding hydrogens is 476 g/mol. The molecule has 5 rings (SSSR count). The number of Topliss-reactive ketones (excluding diaryl/α,β-unsaturated/α-hetero) is 1. The highest BCUT2D eigenvalue weighted by molar-refractivity contribution is 6.38. The first-order valence-electron chi connectivity index (χ1n) is 11.8. The SMILES string of the molecule is COc1cnc(-c2cnc(N)cn2)c2c1C(C(=O)C(=O)N1CCN(C(=O)c3ccccn3)C(C)C1)CN2. The number of carbonyl (C=O) groups excluding carboxylic acids is 3. The van der Waals surface area contributed by atoms with Gasteiger partial charge in [-0.3, -0.25) is 19.4 Å². The van der Waals surface area contributed by atoms with Crippen LogP contribution in [-0.2, 0) is 9.59 Å². The Morgan fingerprint density at radius 2 is 1.92 bits per heavy atom. The first-order chi connectivity index (χ1) is 17.9. The average Bonchev–Trinajstić information content (AvgIpc) is 3.38. The van der Waals surface area contributed by atoms with Crippen molar-refractivity contribution in [1.82, 2.24) is 29.7 Å². The number of methoxy groups -OCH3 is 1. The zero-order valence-corrected chi connectivity index (χ0v) is 20.4. The van der Waals surface area contributed by atoms with E-state index in [4.69, 9.17) is 10.5 Å². The number of anilines is 2. The molecule has 3 N–H and O–H groups in total. The summed E-state index contributed by atoms with van der Waals surface area (Å²) < 4.78 is 5.49. The molecule has 5 heterocycles. The summed E-state index contributed by atoms with van der Waals surface area (Å²) in [5.41, 5.74) is 8.09. The normalized spacial score (nSPS) is 18.6. The minimum atomic E-state index is -0.760. The van der Waals surface area contributed by atoms with Gasteiger partial charge in [0.05, 0.1) is 37.3 Å². The van der Waals surface area contributed by atoms with Crippen LogP contribution in [0.1, 0.15) is 28.9 Å². The van der Waals surface area contributed by atoms with Gasteiger partial charge in [0.25, 0.3) is 11.8 Å². The Bertz CT molecular complexity index is 1350. The van der Waals surface area contributed by atoms with Crippen LogP contribution in [0.3, 0.4) is 0 Å². The number of ether oxygens (including phenoxy) is 1. The van der Waals surface area contributed by atoms with Crippen molar-refractivity contribution in [2.75, 3.05) is 44.3 Å². The molecule has 12 heteroatoms. The van der Waals surface area contributed by atoms with Gasteiger partial charge in [-0.1, -0.05) is 6.07 Å². The number of rotatable bonds is 5. The number of carbonyl (C=O) groups is 3. The summed E-state index contributed by atoms with van der Waals surface area (Å²) >= 11 is 0. The number of amides is 2. The smallest absolute Gasteiger partial charge is 0.290 e. The monoisotopic (exact) mass is 502 g/mol. The van der Waals surface area contributed by atoms with Crippen LogP contribution in [0.25, 0.3) is 11.4 Å². The van der Waals surface area contributed by atoms with Crippen LogP contribution in [0.15, 0.2) is 43.0 Å². The molecule has 1 saturated heterocycles. The van der Waals surface area contributed by atoms with Crippen molar-refractivity contribution in [3.63, 3.8) is 0 Å². The fourth-order valence-electron chi connectivity index (χ4n) is 4.77. The highest BCUT2D eigenvalue weighted by atomic mass is 16.5. The summed E-state index contributed by atoms with van der Waals surface area (Å²) in [5.74, 6) is -1.43. The lowest BCUT2D eigenvalue weighted by atomic mass is 9.94. The summed E-state index contributed by atoms with van der Waals surface area (Å²) in [6.07, 6.45) is 6.00. The van der Waals surface area contributed by atoms with Crippen LogP contribution < -0.4 is 15.8 Å². The van der Waals surface area contributed by atoms with Crippen molar-refractivity contribution in [3.05, 3.63) is 54.2 Å². The van der Waals surface area contributed by atoms with E-state index in [1.54, 1.807) is 29.3 Å². The largest absolute Gasteiger partial charge is 0.495 e. The molecule has 3 aromatic rings. The number of ketones is 1. The number of pyridine rings is 2. The van der Waals surface area contributed by atoms with E-state index in [0.29, 0.717) is 40.6 Å². The molecule has 190 valence electrons. The lowest BCUT2D eigenvalue weighted by Crippen LogP contribution is -2.57. The van der Waals surface area contributed by atoms with Crippen LogP contribution >= 0.6 is 0 Å². The number of hydrogen-bond acceptors (Lipinski definition) is 10. The number of nitrogens with two attached hydrogens (primary N) is 1. The van der Waals surface area contributed by atoms with Crippen LogP contribution in [-0.4, -0.2) is 86.7 Å². The Hall–Kier alpha value is -4.61. The van der Waals surface area contributed by atoms with Gasteiger partial charge in [-0.25, -0.2) is 15.0 Å². The third-order valence-electron chi connectivity index (χ3n) is 6.64. The quantitative estimate of drug-likeness (QED) is 0.482. The van der Waals surface area contributed by atoms with Gasteiger partial charge in [-0.2, -0.15) is 0 Å². The van der Waals surface area contributed by atoms with Gasteiger partial charge in [0.1, 0.15) is 28.6 Å². The van der Waals surface area contributed by atoms with E-state index in [1.807, 2.05) is 6.92 Å². The molecule has 2 aliphatic rings. The minimum Gasteiger partial charge on any atom is -0.495 e. The number of fused-ring (bicyclic) bond motifs is 1. The van der Waals surface area contributed by atoms with Crippen LogP contribution in [0.4, 0.5) is 11.5 Å². The van der Waals surface area contributed by atoms with Crippen molar-refractivity contribution >= 4 is 29.1 Å². The molecule has 3 aromatic heterocycles. The fourth-order valence-corrected chi connectivity index (χ4v) is 4.77. The number of nitrogens with zero attached hydrogens (tertiary/aromatic N) is 6. The van der Waals surface area contributed by atoms with Crippen LogP contribution in [0.2, 0.25) is 0 Å². The molecule has 0 spiro atoms. The van der Waals surface area contributed by atoms with Gasteiger partial charge in [0.15, 0.2) is 0 Å². The molecule has 1 fully saturated rings. The van der Waals surface area contributed by atoms with Crippen molar-refractivity contribution in [1.29, 1.82) is 0 Å². The van der Waals surface area contributed by atoms with Crippen LogP contribution in [0, 0.1) is 0 Å². The van der Waals surface area contributed by atoms with Gasteiger partial charge in [-0.05, 0) is 19.1 Å². The molecular formula is C25H26N8O4. The molecule has 0 bridgehead atoms. The molecule has 12 nitrogen and oxygen atoms in total. The second-order valence-corrected chi connectivity index (χ2v) is 8.90. The lowest BCUT2D eigenvalue weighted by molar-refractivity contribution is -0.146. The zero-order chi connectivity index (χ0) is 26.1. The highest BCUT2D eigenvalue weighted by Crippen LogP contribution is 2.43. The van der Waals surface area contributed by atoms with E-state index >= 15 is 0 Å². The highest BCUT2D eigenvalue weighted by Gasteiger charge is 2.41. The molecule has 2 atom stereocenters. The minimum absolute atomic E-state index is 0.198. The first-order valence-corrected chi connectivity index (χ1v) is 11.8.